The highest BCUT2D eigenvalue weighted by Gasteiger charge is 2.16. The Labute approximate surface area is 107 Å². The third kappa shape index (κ3) is 2.94. The lowest BCUT2D eigenvalue weighted by atomic mass is 10.0. The molecular formula is C15H16N2O. The molecule has 18 heavy (non-hydrogen) atoms. The first-order chi connectivity index (χ1) is 8.81. The highest BCUT2D eigenvalue weighted by atomic mass is 16.1. The van der Waals surface area contributed by atoms with Crippen molar-refractivity contribution >= 4 is 5.91 Å². The largest absolute Gasteiger partial charge is 0.344 e. The van der Waals surface area contributed by atoms with E-state index in [1.54, 1.807) is 6.20 Å². The Bertz CT molecular complexity index is 457. The zero-order valence-corrected chi connectivity index (χ0v) is 10.3. The van der Waals surface area contributed by atoms with Crippen molar-refractivity contribution < 1.29 is 4.79 Å². The van der Waals surface area contributed by atoms with E-state index in [-0.39, 0.29) is 11.9 Å². The van der Waals surface area contributed by atoms with Gasteiger partial charge in [-0.1, -0.05) is 43.3 Å². The van der Waals surface area contributed by atoms with Gasteiger partial charge in [0, 0.05) is 12.6 Å². The van der Waals surface area contributed by atoms with Gasteiger partial charge in [-0.15, -0.1) is 0 Å². The van der Waals surface area contributed by atoms with Crippen molar-refractivity contribution in [3.8, 4) is 0 Å². The van der Waals surface area contributed by atoms with Crippen LogP contribution in [0.3, 0.4) is 0 Å². The summed E-state index contributed by atoms with van der Waals surface area (Å²) in [5.41, 5.74) is 1.89. The number of rotatable bonds is 4. The second-order valence-corrected chi connectivity index (χ2v) is 4.02. The quantitative estimate of drug-likeness (QED) is 0.892. The summed E-state index contributed by atoms with van der Waals surface area (Å²) in [5.74, 6) is 0.0227. The van der Waals surface area contributed by atoms with Gasteiger partial charge < -0.3 is 5.32 Å². The predicted octanol–water partition coefficient (Wildman–Crippen LogP) is 2.70. The van der Waals surface area contributed by atoms with Crippen LogP contribution >= 0.6 is 0 Å². The molecule has 3 nitrogen and oxygen atoms in total. The number of nitrogens with zero attached hydrogens (tertiary/aromatic N) is 1. The van der Waals surface area contributed by atoms with Crippen LogP contribution in [0.5, 0.6) is 0 Å². The maximum Gasteiger partial charge on any atom is 0.220 e. The lowest BCUT2D eigenvalue weighted by molar-refractivity contribution is -0.121. The van der Waals surface area contributed by atoms with Crippen LogP contribution in [0.15, 0.2) is 54.7 Å². The average Bonchev–Trinajstić information content (AvgIpc) is 2.46. The number of hydrogen-bond donors (Lipinski definition) is 1. The third-order valence-electron chi connectivity index (χ3n) is 2.74. The van der Waals surface area contributed by atoms with E-state index in [0.29, 0.717) is 6.42 Å². The van der Waals surface area contributed by atoms with Crippen molar-refractivity contribution in [1.82, 2.24) is 10.3 Å². The van der Waals surface area contributed by atoms with Gasteiger partial charge in [0.2, 0.25) is 5.91 Å². The molecule has 92 valence electrons. The Morgan fingerprint density at radius 1 is 1.17 bits per heavy atom. The van der Waals surface area contributed by atoms with Crippen LogP contribution in [0.1, 0.15) is 30.6 Å². The minimum Gasteiger partial charge on any atom is -0.344 e. The van der Waals surface area contributed by atoms with Gasteiger partial charge in [-0.25, -0.2) is 0 Å². The van der Waals surface area contributed by atoms with Crippen molar-refractivity contribution in [2.24, 2.45) is 0 Å². The maximum absolute atomic E-state index is 11.6. The van der Waals surface area contributed by atoms with Crippen LogP contribution in [-0.2, 0) is 4.79 Å². The highest BCUT2D eigenvalue weighted by Crippen LogP contribution is 2.19. The molecule has 0 unspecified atom stereocenters. The molecule has 1 aromatic heterocycles. The molecule has 0 bridgehead atoms. The minimum atomic E-state index is -0.181. The molecule has 1 N–H and O–H groups in total. The minimum absolute atomic E-state index is 0.0227. The number of pyridine rings is 1. The molecule has 2 aromatic rings. The monoisotopic (exact) mass is 240 g/mol. The van der Waals surface area contributed by atoms with E-state index in [2.05, 4.69) is 10.3 Å². The molecule has 0 aliphatic rings. The molecule has 0 radical (unpaired) electrons. The fraction of sp³-hybridized carbons (Fsp3) is 0.200. The molecular weight excluding hydrogens is 224 g/mol. The van der Waals surface area contributed by atoms with Crippen LogP contribution in [0.2, 0.25) is 0 Å². The van der Waals surface area contributed by atoms with Crippen molar-refractivity contribution in [3.63, 3.8) is 0 Å². The SMILES string of the molecule is CCC(=O)N[C@H](c1ccccc1)c1ccccn1. The maximum atomic E-state index is 11.6. The Balaban J connectivity index is 2.32. The third-order valence-corrected chi connectivity index (χ3v) is 2.74. The van der Waals surface area contributed by atoms with Crippen LogP contribution in [0.4, 0.5) is 0 Å². The molecule has 1 aromatic carbocycles. The van der Waals surface area contributed by atoms with E-state index in [0.717, 1.165) is 11.3 Å². The van der Waals surface area contributed by atoms with Gasteiger partial charge in [0.25, 0.3) is 0 Å². The first kappa shape index (κ1) is 12.3. The molecule has 0 spiro atoms. The van der Waals surface area contributed by atoms with Gasteiger partial charge in [-0.2, -0.15) is 0 Å². The second kappa shape index (κ2) is 5.96. The molecule has 0 aliphatic heterocycles. The number of benzene rings is 1. The van der Waals surface area contributed by atoms with Crippen LogP contribution in [-0.4, -0.2) is 10.9 Å². The summed E-state index contributed by atoms with van der Waals surface area (Å²) in [4.78, 5) is 16.0. The summed E-state index contributed by atoms with van der Waals surface area (Å²) < 4.78 is 0. The van der Waals surface area contributed by atoms with Gasteiger partial charge >= 0.3 is 0 Å². The fourth-order valence-electron chi connectivity index (χ4n) is 1.78. The van der Waals surface area contributed by atoms with Crippen LogP contribution in [0.25, 0.3) is 0 Å². The zero-order valence-electron chi connectivity index (χ0n) is 10.3. The molecule has 0 saturated heterocycles. The summed E-state index contributed by atoms with van der Waals surface area (Å²) in [6, 6.07) is 15.4. The summed E-state index contributed by atoms with van der Waals surface area (Å²) >= 11 is 0. The highest BCUT2D eigenvalue weighted by molar-refractivity contribution is 5.76. The summed E-state index contributed by atoms with van der Waals surface area (Å²) in [5, 5.41) is 3.00. The molecule has 2 rings (SSSR count). The van der Waals surface area contributed by atoms with E-state index in [1.807, 2.05) is 55.5 Å². The number of hydrogen-bond acceptors (Lipinski definition) is 2. The molecule has 0 saturated carbocycles. The smallest absolute Gasteiger partial charge is 0.220 e. The van der Waals surface area contributed by atoms with Crippen molar-refractivity contribution in [2.75, 3.05) is 0 Å². The lowest BCUT2D eigenvalue weighted by Gasteiger charge is -2.18. The Kier molecular flexibility index (Phi) is 4.07. The topological polar surface area (TPSA) is 42.0 Å². The first-order valence-electron chi connectivity index (χ1n) is 6.06. The van der Waals surface area contributed by atoms with Crippen molar-refractivity contribution in [2.45, 2.75) is 19.4 Å². The molecule has 0 aliphatic carbocycles. The normalized spacial score (nSPS) is 11.8. The van der Waals surface area contributed by atoms with Crippen LogP contribution < -0.4 is 5.32 Å². The van der Waals surface area contributed by atoms with Crippen molar-refractivity contribution in [3.05, 3.63) is 66.0 Å². The van der Waals surface area contributed by atoms with Gasteiger partial charge in [-0.3, -0.25) is 9.78 Å². The van der Waals surface area contributed by atoms with E-state index < -0.39 is 0 Å². The molecule has 1 heterocycles. The van der Waals surface area contributed by atoms with Crippen molar-refractivity contribution in [1.29, 1.82) is 0 Å². The lowest BCUT2D eigenvalue weighted by Crippen LogP contribution is -2.29. The molecule has 0 fully saturated rings. The van der Waals surface area contributed by atoms with E-state index in [1.165, 1.54) is 0 Å². The second-order valence-electron chi connectivity index (χ2n) is 4.02. The Hall–Kier alpha value is -2.16. The molecule has 3 heteroatoms. The van der Waals surface area contributed by atoms with E-state index >= 15 is 0 Å². The number of nitrogens with one attached hydrogen (secondary N) is 1. The fourth-order valence-corrected chi connectivity index (χ4v) is 1.78. The van der Waals surface area contributed by atoms with Gasteiger partial charge in [-0.05, 0) is 17.7 Å². The zero-order chi connectivity index (χ0) is 12.8. The average molecular weight is 240 g/mol. The van der Waals surface area contributed by atoms with E-state index in [4.69, 9.17) is 0 Å². The predicted molar refractivity (Wildman–Crippen MR) is 71.0 cm³/mol. The number of carbonyl (C=O) groups is 1. The number of aromatic nitrogens is 1. The van der Waals surface area contributed by atoms with Gasteiger partial charge in [0.1, 0.15) is 0 Å². The summed E-state index contributed by atoms with van der Waals surface area (Å²) in [6.45, 7) is 1.84. The van der Waals surface area contributed by atoms with Gasteiger partial charge in [0.15, 0.2) is 0 Å². The standard InChI is InChI=1S/C15H16N2O/c1-2-14(18)17-15(12-8-4-3-5-9-12)13-10-6-7-11-16-13/h3-11,15H,2H2,1H3,(H,17,18)/t15-/m1/s1. The van der Waals surface area contributed by atoms with E-state index in [9.17, 15) is 4.79 Å². The molecule has 1 atom stereocenters. The number of amides is 1. The summed E-state index contributed by atoms with van der Waals surface area (Å²) in [6.07, 6.45) is 2.21. The first-order valence-corrected chi connectivity index (χ1v) is 6.06. The van der Waals surface area contributed by atoms with Crippen LogP contribution in [0, 0.1) is 0 Å². The Morgan fingerprint density at radius 3 is 2.50 bits per heavy atom. The van der Waals surface area contributed by atoms with Gasteiger partial charge in [0.05, 0.1) is 11.7 Å². The number of carbonyl (C=O) groups excluding carboxylic acids is 1. The molecule has 1 amide bonds. The Morgan fingerprint density at radius 2 is 1.89 bits per heavy atom. The summed E-state index contributed by atoms with van der Waals surface area (Å²) in [7, 11) is 0.